The van der Waals surface area contributed by atoms with E-state index in [1.807, 2.05) is 0 Å². The van der Waals surface area contributed by atoms with Crippen LogP contribution in [0.15, 0.2) is 0 Å². The molecule has 1 N–H and O–H groups in total. The Morgan fingerprint density at radius 2 is 2.31 bits per heavy atom. The van der Waals surface area contributed by atoms with E-state index in [1.165, 1.54) is 0 Å². The van der Waals surface area contributed by atoms with E-state index in [-0.39, 0.29) is 11.6 Å². The SMILES string of the molecule is CCNC1(C#N)CCCC1CCOC(C)C. The van der Waals surface area contributed by atoms with E-state index in [1.54, 1.807) is 0 Å². The van der Waals surface area contributed by atoms with Crippen LogP contribution < -0.4 is 5.32 Å². The van der Waals surface area contributed by atoms with Crippen molar-refractivity contribution in [1.82, 2.24) is 5.32 Å². The lowest BCUT2D eigenvalue weighted by atomic mass is 9.86. The highest BCUT2D eigenvalue weighted by atomic mass is 16.5. The Balaban J connectivity index is 2.47. The molecule has 1 aliphatic carbocycles. The van der Waals surface area contributed by atoms with Crippen molar-refractivity contribution in [3.8, 4) is 6.07 Å². The summed E-state index contributed by atoms with van der Waals surface area (Å²) in [6.45, 7) is 7.82. The summed E-state index contributed by atoms with van der Waals surface area (Å²) < 4.78 is 5.58. The Hall–Kier alpha value is -0.590. The molecular formula is C13H24N2O. The summed E-state index contributed by atoms with van der Waals surface area (Å²) in [6.07, 6.45) is 4.59. The Morgan fingerprint density at radius 1 is 1.56 bits per heavy atom. The highest BCUT2D eigenvalue weighted by molar-refractivity contribution is 5.13. The fourth-order valence-corrected chi connectivity index (χ4v) is 2.65. The summed E-state index contributed by atoms with van der Waals surface area (Å²) in [6, 6.07) is 2.50. The van der Waals surface area contributed by atoms with Gasteiger partial charge in [0.1, 0.15) is 5.54 Å². The summed E-state index contributed by atoms with van der Waals surface area (Å²) >= 11 is 0. The van der Waals surface area contributed by atoms with Gasteiger partial charge in [0.2, 0.25) is 0 Å². The van der Waals surface area contributed by atoms with Crippen molar-refractivity contribution < 1.29 is 4.74 Å². The predicted octanol–water partition coefficient (Wildman–Crippen LogP) is 2.47. The van der Waals surface area contributed by atoms with E-state index < -0.39 is 0 Å². The van der Waals surface area contributed by atoms with Crippen molar-refractivity contribution in [1.29, 1.82) is 5.26 Å². The van der Waals surface area contributed by atoms with Crippen LogP contribution in [0.3, 0.4) is 0 Å². The fourth-order valence-electron chi connectivity index (χ4n) is 2.65. The van der Waals surface area contributed by atoms with E-state index in [4.69, 9.17) is 4.74 Å². The van der Waals surface area contributed by atoms with Gasteiger partial charge in [-0.05, 0) is 45.6 Å². The molecule has 1 aliphatic rings. The Morgan fingerprint density at radius 3 is 2.88 bits per heavy atom. The third-order valence-electron chi connectivity index (χ3n) is 3.43. The van der Waals surface area contributed by atoms with Gasteiger partial charge >= 0.3 is 0 Å². The normalized spacial score (nSPS) is 29.6. The average Bonchev–Trinajstić information content (AvgIpc) is 2.62. The number of hydrogen-bond acceptors (Lipinski definition) is 3. The standard InChI is InChI=1S/C13H24N2O/c1-4-15-13(10-14)8-5-6-12(13)7-9-16-11(2)3/h11-12,15H,4-9H2,1-3H3. The van der Waals surface area contributed by atoms with Gasteiger partial charge in [-0.3, -0.25) is 5.32 Å². The maximum Gasteiger partial charge on any atom is 0.109 e. The molecule has 3 heteroatoms. The Bertz CT molecular complexity index is 247. The fraction of sp³-hybridized carbons (Fsp3) is 0.923. The van der Waals surface area contributed by atoms with Crippen molar-refractivity contribution in [3.63, 3.8) is 0 Å². The van der Waals surface area contributed by atoms with Gasteiger partial charge in [0.25, 0.3) is 0 Å². The first-order valence-corrected chi connectivity index (χ1v) is 6.42. The summed E-state index contributed by atoms with van der Waals surface area (Å²) in [7, 11) is 0. The number of rotatable bonds is 6. The molecule has 0 aromatic rings. The molecule has 16 heavy (non-hydrogen) atoms. The van der Waals surface area contributed by atoms with Crippen molar-refractivity contribution in [3.05, 3.63) is 0 Å². The van der Waals surface area contributed by atoms with Gasteiger partial charge in [0.15, 0.2) is 0 Å². The Kier molecular flexibility index (Phi) is 5.24. The quantitative estimate of drug-likeness (QED) is 0.754. The molecule has 0 heterocycles. The molecule has 1 rings (SSSR count). The molecule has 1 saturated carbocycles. The van der Waals surface area contributed by atoms with Crippen LogP contribution in [0, 0.1) is 17.2 Å². The average molecular weight is 224 g/mol. The van der Waals surface area contributed by atoms with Gasteiger partial charge in [-0.2, -0.15) is 5.26 Å². The molecule has 2 atom stereocenters. The maximum absolute atomic E-state index is 9.37. The zero-order valence-electron chi connectivity index (χ0n) is 10.8. The van der Waals surface area contributed by atoms with Gasteiger partial charge in [-0.15, -0.1) is 0 Å². The molecule has 0 bridgehead atoms. The molecule has 0 saturated heterocycles. The predicted molar refractivity (Wildman–Crippen MR) is 65.1 cm³/mol. The first kappa shape index (κ1) is 13.5. The van der Waals surface area contributed by atoms with E-state index >= 15 is 0 Å². The first-order chi connectivity index (χ1) is 7.64. The van der Waals surface area contributed by atoms with Crippen molar-refractivity contribution in [2.75, 3.05) is 13.2 Å². The van der Waals surface area contributed by atoms with Crippen LogP contribution in [-0.2, 0) is 4.74 Å². The van der Waals surface area contributed by atoms with Crippen LogP contribution in [0.1, 0.15) is 46.5 Å². The molecule has 1 fully saturated rings. The van der Waals surface area contributed by atoms with Crippen LogP contribution in [0.2, 0.25) is 0 Å². The van der Waals surface area contributed by atoms with E-state index in [2.05, 4.69) is 32.2 Å². The highest BCUT2D eigenvalue weighted by Gasteiger charge is 2.42. The van der Waals surface area contributed by atoms with Crippen LogP contribution in [0.25, 0.3) is 0 Å². The minimum atomic E-state index is -0.283. The Labute approximate surface area is 99.2 Å². The molecule has 0 aliphatic heterocycles. The van der Waals surface area contributed by atoms with E-state index in [9.17, 15) is 5.26 Å². The van der Waals surface area contributed by atoms with Gasteiger partial charge in [0, 0.05) is 6.61 Å². The van der Waals surface area contributed by atoms with Crippen molar-refractivity contribution in [2.24, 2.45) is 5.92 Å². The third kappa shape index (κ3) is 3.20. The maximum atomic E-state index is 9.37. The summed E-state index contributed by atoms with van der Waals surface area (Å²) in [5.74, 6) is 0.455. The summed E-state index contributed by atoms with van der Waals surface area (Å²) in [5.41, 5.74) is -0.283. The second-order valence-electron chi connectivity index (χ2n) is 4.91. The molecule has 0 aromatic carbocycles. The zero-order valence-corrected chi connectivity index (χ0v) is 10.8. The molecule has 3 nitrogen and oxygen atoms in total. The number of hydrogen-bond donors (Lipinski definition) is 1. The molecule has 92 valence electrons. The summed E-state index contributed by atoms with van der Waals surface area (Å²) in [5, 5.41) is 12.8. The monoisotopic (exact) mass is 224 g/mol. The minimum absolute atomic E-state index is 0.283. The van der Waals surface area contributed by atoms with Crippen molar-refractivity contribution in [2.45, 2.75) is 58.1 Å². The molecule has 0 spiro atoms. The lowest BCUT2D eigenvalue weighted by molar-refractivity contribution is 0.0634. The molecule has 2 unspecified atom stereocenters. The summed E-state index contributed by atoms with van der Waals surface area (Å²) in [4.78, 5) is 0. The van der Waals surface area contributed by atoms with Crippen LogP contribution in [0.5, 0.6) is 0 Å². The van der Waals surface area contributed by atoms with Gasteiger partial charge in [-0.1, -0.05) is 13.3 Å². The number of ether oxygens (including phenoxy) is 1. The zero-order chi connectivity index (χ0) is 12.0. The number of nitrogens with zero attached hydrogens (tertiary/aromatic N) is 1. The molecule has 0 amide bonds. The topological polar surface area (TPSA) is 45.0 Å². The van der Waals surface area contributed by atoms with Gasteiger partial charge in [0.05, 0.1) is 12.2 Å². The smallest absolute Gasteiger partial charge is 0.109 e. The van der Waals surface area contributed by atoms with Crippen LogP contribution in [-0.4, -0.2) is 24.8 Å². The first-order valence-electron chi connectivity index (χ1n) is 6.42. The van der Waals surface area contributed by atoms with Gasteiger partial charge < -0.3 is 4.74 Å². The van der Waals surface area contributed by atoms with E-state index in [0.717, 1.165) is 38.8 Å². The molecule has 0 radical (unpaired) electrons. The van der Waals surface area contributed by atoms with Crippen LogP contribution >= 0.6 is 0 Å². The van der Waals surface area contributed by atoms with Crippen LogP contribution in [0.4, 0.5) is 0 Å². The highest BCUT2D eigenvalue weighted by Crippen LogP contribution is 2.37. The molecule has 0 aromatic heterocycles. The second kappa shape index (κ2) is 6.22. The third-order valence-corrected chi connectivity index (χ3v) is 3.43. The minimum Gasteiger partial charge on any atom is -0.379 e. The van der Waals surface area contributed by atoms with Crippen molar-refractivity contribution >= 4 is 0 Å². The lowest BCUT2D eigenvalue weighted by Crippen LogP contribution is -2.47. The largest absolute Gasteiger partial charge is 0.379 e. The lowest BCUT2D eigenvalue weighted by Gasteiger charge is -2.29. The second-order valence-corrected chi connectivity index (χ2v) is 4.91. The number of nitriles is 1. The van der Waals surface area contributed by atoms with Gasteiger partial charge in [-0.25, -0.2) is 0 Å². The number of nitrogens with one attached hydrogen (secondary N) is 1. The van der Waals surface area contributed by atoms with E-state index in [0.29, 0.717) is 5.92 Å². The molecular weight excluding hydrogens is 200 g/mol.